The van der Waals surface area contributed by atoms with Crippen molar-refractivity contribution >= 4 is 5.69 Å². The third-order valence-electron chi connectivity index (χ3n) is 4.05. The molecule has 3 nitrogen and oxygen atoms in total. The van der Waals surface area contributed by atoms with Gasteiger partial charge in [0, 0.05) is 32.0 Å². The van der Waals surface area contributed by atoms with E-state index < -0.39 is 0 Å². The summed E-state index contributed by atoms with van der Waals surface area (Å²) in [4.78, 5) is 0. The fraction of sp³-hybridized carbons (Fsp3) is 0.625. The molecule has 0 saturated heterocycles. The molecule has 3 heteroatoms. The molecule has 19 heavy (non-hydrogen) atoms. The Balaban J connectivity index is 1.92. The summed E-state index contributed by atoms with van der Waals surface area (Å²) in [5.41, 5.74) is 9.82. The van der Waals surface area contributed by atoms with Crippen molar-refractivity contribution < 1.29 is 4.74 Å². The molecule has 0 saturated carbocycles. The second-order valence-electron chi connectivity index (χ2n) is 6.34. The van der Waals surface area contributed by atoms with Gasteiger partial charge in [-0.25, -0.2) is 0 Å². The summed E-state index contributed by atoms with van der Waals surface area (Å²) in [5.74, 6) is 0. The van der Waals surface area contributed by atoms with Crippen molar-refractivity contribution in [3.63, 3.8) is 0 Å². The number of hydrogen-bond acceptors (Lipinski definition) is 3. The highest BCUT2D eigenvalue weighted by Crippen LogP contribution is 2.33. The predicted octanol–water partition coefficient (Wildman–Crippen LogP) is 2.91. The van der Waals surface area contributed by atoms with Gasteiger partial charge >= 0.3 is 0 Å². The van der Waals surface area contributed by atoms with Crippen LogP contribution in [0.15, 0.2) is 18.2 Å². The molecule has 1 aliphatic rings. The number of hydrogen-bond donors (Lipinski definition) is 2. The van der Waals surface area contributed by atoms with Gasteiger partial charge in [0.25, 0.3) is 0 Å². The van der Waals surface area contributed by atoms with Gasteiger partial charge in [-0.1, -0.05) is 19.9 Å². The van der Waals surface area contributed by atoms with E-state index >= 15 is 0 Å². The molecule has 0 fully saturated rings. The summed E-state index contributed by atoms with van der Waals surface area (Å²) < 4.78 is 5.18. The average molecular weight is 262 g/mol. The second kappa shape index (κ2) is 5.93. The molecule has 2 rings (SSSR count). The number of aryl methyl sites for hydroxylation is 1. The first-order valence-corrected chi connectivity index (χ1v) is 7.12. The van der Waals surface area contributed by atoms with Crippen LogP contribution in [0.2, 0.25) is 0 Å². The average Bonchev–Trinajstić information content (AvgIpc) is 2.76. The third kappa shape index (κ3) is 3.71. The van der Waals surface area contributed by atoms with Crippen molar-refractivity contribution in [1.29, 1.82) is 0 Å². The lowest BCUT2D eigenvalue weighted by Crippen LogP contribution is -2.32. The van der Waals surface area contributed by atoms with Crippen molar-refractivity contribution in [2.24, 2.45) is 5.41 Å². The molecular formula is C16H26N2O. The third-order valence-corrected chi connectivity index (χ3v) is 4.05. The normalized spacial score (nSPS) is 18.6. The quantitative estimate of drug-likeness (QED) is 0.775. The molecule has 0 spiro atoms. The monoisotopic (exact) mass is 262 g/mol. The van der Waals surface area contributed by atoms with Crippen LogP contribution >= 0.6 is 0 Å². The van der Waals surface area contributed by atoms with Crippen LogP contribution in [0, 0.1) is 5.41 Å². The van der Waals surface area contributed by atoms with Gasteiger partial charge in [0.2, 0.25) is 0 Å². The van der Waals surface area contributed by atoms with Gasteiger partial charge in [-0.15, -0.1) is 0 Å². The first kappa shape index (κ1) is 14.4. The van der Waals surface area contributed by atoms with Gasteiger partial charge in [-0.2, -0.15) is 0 Å². The molecule has 1 atom stereocenters. The molecule has 1 aromatic rings. The summed E-state index contributed by atoms with van der Waals surface area (Å²) in [5, 5.41) is 3.71. The number of benzene rings is 1. The van der Waals surface area contributed by atoms with E-state index in [9.17, 15) is 0 Å². The second-order valence-corrected chi connectivity index (χ2v) is 6.34. The SMILES string of the molecule is COCCC(C)(C)CNC1CCc2cc(N)ccc21. The Morgan fingerprint density at radius 3 is 2.95 bits per heavy atom. The molecule has 0 heterocycles. The Morgan fingerprint density at radius 2 is 2.21 bits per heavy atom. The highest BCUT2D eigenvalue weighted by Gasteiger charge is 2.25. The van der Waals surface area contributed by atoms with Gasteiger partial charge < -0.3 is 15.8 Å². The maximum atomic E-state index is 5.84. The van der Waals surface area contributed by atoms with Crippen molar-refractivity contribution in [3.05, 3.63) is 29.3 Å². The zero-order valence-corrected chi connectivity index (χ0v) is 12.3. The van der Waals surface area contributed by atoms with Crippen LogP contribution in [0.4, 0.5) is 5.69 Å². The molecule has 1 unspecified atom stereocenters. The van der Waals surface area contributed by atoms with Crippen LogP contribution in [-0.2, 0) is 11.2 Å². The van der Waals surface area contributed by atoms with E-state index in [1.54, 1.807) is 7.11 Å². The molecule has 1 aromatic carbocycles. The van der Waals surface area contributed by atoms with E-state index in [1.165, 1.54) is 17.5 Å². The molecule has 1 aliphatic carbocycles. The standard InChI is InChI=1S/C16H26N2O/c1-16(2,8-9-19-3)11-18-15-7-4-12-10-13(17)5-6-14(12)15/h5-6,10,15,18H,4,7-9,11,17H2,1-3H3. The lowest BCUT2D eigenvalue weighted by molar-refractivity contribution is 0.149. The fourth-order valence-electron chi connectivity index (χ4n) is 2.72. The minimum atomic E-state index is 0.270. The van der Waals surface area contributed by atoms with E-state index in [4.69, 9.17) is 10.5 Å². The molecule has 3 N–H and O–H groups in total. The van der Waals surface area contributed by atoms with Crippen molar-refractivity contribution in [2.75, 3.05) is 26.0 Å². The summed E-state index contributed by atoms with van der Waals surface area (Å²) in [6, 6.07) is 6.79. The van der Waals surface area contributed by atoms with E-state index in [0.717, 1.165) is 31.7 Å². The van der Waals surface area contributed by atoms with Crippen molar-refractivity contribution in [3.8, 4) is 0 Å². The number of rotatable bonds is 6. The predicted molar refractivity (Wildman–Crippen MR) is 80.2 cm³/mol. The minimum absolute atomic E-state index is 0.270. The number of nitrogens with two attached hydrogens (primary N) is 1. The molecule has 0 aromatic heterocycles. The van der Waals surface area contributed by atoms with Gasteiger partial charge in [-0.3, -0.25) is 0 Å². The topological polar surface area (TPSA) is 47.3 Å². The van der Waals surface area contributed by atoms with Crippen molar-refractivity contribution in [2.45, 2.75) is 39.2 Å². The number of fused-ring (bicyclic) bond motifs is 1. The number of anilines is 1. The van der Waals surface area contributed by atoms with E-state index in [0.29, 0.717) is 6.04 Å². The number of nitrogen functional groups attached to an aromatic ring is 1. The minimum Gasteiger partial charge on any atom is -0.399 e. The van der Waals surface area contributed by atoms with Crippen LogP contribution in [0.5, 0.6) is 0 Å². The Kier molecular flexibility index (Phi) is 4.48. The molecule has 0 amide bonds. The molecular weight excluding hydrogens is 236 g/mol. The van der Waals surface area contributed by atoms with E-state index in [-0.39, 0.29) is 5.41 Å². The largest absolute Gasteiger partial charge is 0.399 e. The van der Waals surface area contributed by atoms with Crippen molar-refractivity contribution in [1.82, 2.24) is 5.32 Å². The smallest absolute Gasteiger partial charge is 0.0467 e. The summed E-state index contributed by atoms with van der Waals surface area (Å²) in [6.45, 7) is 6.42. The zero-order valence-electron chi connectivity index (χ0n) is 12.3. The molecule has 106 valence electrons. The Morgan fingerprint density at radius 1 is 1.42 bits per heavy atom. The summed E-state index contributed by atoms with van der Waals surface area (Å²) >= 11 is 0. The van der Waals surface area contributed by atoms with Gasteiger partial charge in [0.15, 0.2) is 0 Å². The van der Waals surface area contributed by atoms with Crippen LogP contribution in [0.1, 0.15) is 43.9 Å². The zero-order chi connectivity index (χ0) is 13.9. The highest BCUT2D eigenvalue weighted by atomic mass is 16.5. The molecule has 0 radical (unpaired) electrons. The summed E-state index contributed by atoms with van der Waals surface area (Å²) in [6.07, 6.45) is 3.40. The molecule has 0 aliphatic heterocycles. The van der Waals surface area contributed by atoms with Crippen LogP contribution in [0.3, 0.4) is 0 Å². The Hall–Kier alpha value is -1.06. The van der Waals surface area contributed by atoms with Gasteiger partial charge in [0.1, 0.15) is 0 Å². The van der Waals surface area contributed by atoms with Crippen LogP contribution in [-0.4, -0.2) is 20.3 Å². The highest BCUT2D eigenvalue weighted by molar-refractivity contribution is 5.47. The number of nitrogens with one attached hydrogen (secondary N) is 1. The Labute approximate surface area is 116 Å². The van der Waals surface area contributed by atoms with Gasteiger partial charge in [0.05, 0.1) is 0 Å². The first-order chi connectivity index (χ1) is 9.02. The van der Waals surface area contributed by atoms with Crippen LogP contribution < -0.4 is 11.1 Å². The van der Waals surface area contributed by atoms with E-state index in [2.05, 4.69) is 31.3 Å². The van der Waals surface area contributed by atoms with E-state index in [1.807, 2.05) is 6.07 Å². The number of methoxy groups -OCH3 is 1. The van der Waals surface area contributed by atoms with Crippen LogP contribution in [0.25, 0.3) is 0 Å². The molecule has 0 bridgehead atoms. The summed E-state index contributed by atoms with van der Waals surface area (Å²) in [7, 11) is 1.77. The lowest BCUT2D eigenvalue weighted by atomic mass is 9.89. The Bertz CT molecular complexity index is 429. The van der Waals surface area contributed by atoms with Gasteiger partial charge in [-0.05, 0) is 47.9 Å². The number of ether oxygens (including phenoxy) is 1. The maximum absolute atomic E-state index is 5.84. The maximum Gasteiger partial charge on any atom is 0.0467 e. The fourth-order valence-corrected chi connectivity index (χ4v) is 2.72. The first-order valence-electron chi connectivity index (χ1n) is 7.12. The lowest BCUT2D eigenvalue weighted by Gasteiger charge is -2.27.